The van der Waals surface area contributed by atoms with Crippen molar-refractivity contribution in [2.75, 3.05) is 46.5 Å². The molecule has 0 spiro atoms. The molecule has 0 radical (unpaired) electrons. The first-order valence-electron chi connectivity index (χ1n) is 9.53. The van der Waals surface area contributed by atoms with Gasteiger partial charge in [-0.15, -0.1) is 0 Å². The number of hydrogen-bond donors (Lipinski definition) is 0. The molecule has 1 amide bonds. The Kier molecular flexibility index (Phi) is 4.95. The molecule has 136 valence electrons. The Bertz CT molecular complexity index is 627. The van der Waals surface area contributed by atoms with Crippen molar-refractivity contribution in [3.05, 3.63) is 29.3 Å². The van der Waals surface area contributed by atoms with Crippen LogP contribution in [0.1, 0.15) is 36.3 Å². The Morgan fingerprint density at radius 2 is 2.08 bits per heavy atom. The minimum absolute atomic E-state index is 0.327. The fourth-order valence-electron chi connectivity index (χ4n) is 4.78. The van der Waals surface area contributed by atoms with Crippen LogP contribution in [-0.4, -0.2) is 68.3 Å². The van der Waals surface area contributed by atoms with E-state index in [0.29, 0.717) is 24.3 Å². The average molecular weight is 344 g/mol. The minimum atomic E-state index is 0.327. The van der Waals surface area contributed by atoms with E-state index in [4.69, 9.17) is 9.47 Å². The highest BCUT2D eigenvalue weighted by atomic mass is 16.5. The van der Waals surface area contributed by atoms with Gasteiger partial charge < -0.3 is 14.4 Å². The minimum Gasteiger partial charge on any atom is -0.496 e. The van der Waals surface area contributed by atoms with Gasteiger partial charge in [-0.1, -0.05) is 12.1 Å². The Labute approximate surface area is 149 Å². The first-order chi connectivity index (χ1) is 12.3. The van der Waals surface area contributed by atoms with Crippen molar-refractivity contribution < 1.29 is 14.3 Å². The smallest absolute Gasteiger partial charge is 0.223 e. The van der Waals surface area contributed by atoms with Crippen LogP contribution in [0.4, 0.5) is 0 Å². The molecule has 0 N–H and O–H groups in total. The highest BCUT2D eigenvalue weighted by Gasteiger charge is 2.43. The summed E-state index contributed by atoms with van der Waals surface area (Å²) in [6.45, 7) is 5.67. The predicted octanol–water partition coefficient (Wildman–Crippen LogP) is 2.05. The molecule has 2 saturated heterocycles. The van der Waals surface area contributed by atoms with Gasteiger partial charge in [-0.2, -0.15) is 0 Å². The highest BCUT2D eigenvalue weighted by Crippen LogP contribution is 2.44. The predicted molar refractivity (Wildman–Crippen MR) is 96.1 cm³/mol. The summed E-state index contributed by atoms with van der Waals surface area (Å²) in [5, 5.41) is 0. The summed E-state index contributed by atoms with van der Waals surface area (Å²) in [4.78, 5) is 17.3. The number of likely N-dealkylation sites (tertiary alicyclic amines) is 1. The van der Waals surface area contributed by atoms with Crippen molar-refractivity contribution in [3.8, 4) is 5.75 Å². The zero-order chi connectivity index (χ0) is 17.2. The second-order valence-electron chi connectivity index (χ2n) is 7.34. The number of morpholine rings is 1. The maximum Gasteiger partial charge on any atom is 0.223 e. The quantitative estimate of drug-likeness (QED) is 0.820. The number of fused-ring (bicyclic) bond motifs is 3. The van der Waals surface area contributed by atoms with Gasteiger partial charge in [-0.25, -0.2) is 0 Å². The summed E-state index contributed by atoms with van der Waals surface area (Å²) < 4.78 is 10.9. The number of methoxy groups -OCH3 is 1. The van der Waals surface area contributed by atoms with E-state index < -0.39 is 0 Å². The maximum absolute atomic E-state index is 12.6. The van der Waals surface area contributed by atoms with Gasteiger partial charge in [0.15, 0.2) is 0 Å². The summed E-state index contributed by atoms with van der Waals surface area (Å²) in [6, 6.07) is 6.66. The van der Waals surface area contributed by atoms with E-state index in [1.54, 1.807) is 7.11 Å². The molecule has 5 nitrogen and oxygen atoms in total. The molecule has 3 aliphatic rings. The number of hydrogen-bond acceptors (Lipinski definition) is 4. The van der Waals surface area contributed by atoms with Gasteiger partial charge in [0.25, 0.3) is 0 Å². The van der Waals surface area contributed by atoms with Crippen molar-refractivity contribution in [1.29, 1.82) is 0 Å². The lowest BCUT2D eigenvalue weighted by Crippen LogP contribution is -2.41. The number of carbonyl (C=O) groups excluding carboxylic acids is 1. The molecule has 5 heteroatoms. The van der Waals surface area contributed by atoms with E-state index in [1.165, 1.54) is 11.1 Å². The van der Waals surface area contributed by atoms with Gasteiger partial charge in [0.2, 0.25) is 5.91 Å². The van der Waals surface area contributed by atoms with Gasteiger partial charge in [-0.3, -0.25) is 9.69 Å². The van der Waals surface area contributed by atoms with Crippen LogP contribution in [0.25, 0.3) is 0 Å². The van der Waals surface area contributed by atoms with Gasteiger partial charge in [0.1, 0.15) is 5.75 Å². The van der Waals surface area contributed by atoms with Crippen molar-refractivity contribution in [2.24, 2.45) is 0 Å². The summed E-state index contributed by atoms with van der Waals surface area (Å²) in [5.74, 6) is 1.65. The molecule has 2 heterocycles. The fraction of sp³-hybridized carbons (Fsp3) is 0.650. The Balaban J connectivity index is 1.41. The van der Waals surface area contributed by atoms with E-state index >= 15 is 0 Å². The zero-order valence-corrected chi connectivity index (χ0v) is 15.1. The molecule has 2 atom stereocenters. The Morgan fingerprint density at radius 1 is 1.24 bits per heavy atom. The number of ether oxygens (including phenoxy) is 2. The first-order valence-corrected chi connectivity index (χ1v) is 9.53. The summed E-state index contributed by atoms with van der Waals surface area (Å²) in [6.07, 6.45) is 3.78. The van der Waals surface area contributed by atoms with Crippen molar-refractivity contribution >= 4 is 5.91 Å². The summed E-state index contributed by atoms with van der Waals surface area (Å²) >= 11 is 0. The third-order valence-electron chi connectivity index (χ3n) is 6.04. The Morgan fingerprint density at radius 3 is 2.88 bits per heavy atom. The lowest BCUT2D eigenvalue weighted by Gasteiger charge is -2.34. The second kappa shape index (κ2) is 7.34. The molecule has 1 aromatic rings. The van der Waals surface area contributed by atoms with Crippen LogP contribution >= 0.6 is 0 Å². The van der Waals surface area contributed by atoms with Crippen LogP contribution in [0.5, 0.6) is 5.75 Å². The third-order valence-corrected chi connectivity index (χ3v) is 6.04. The normalized spacial score (nSPS) is 26.4. The molecule has 2 aliphatic heterocycles. The monoisotopic (exact) mass is 344 g/mol. The number of carbonyl (C=O) groups is 1. The zero-order valence-electron chi connectivity index (χ0n) is 15.1. The molecular formula is C20H28N2O3. The molecule has 4 rings (SSSR count). The van der Waals surface area contributed by atoms with Crippen molar-refractivity contribution in [3.63, 3.8) is 0 Å². The van der Waals surface area contributed by atoms with Crippen LogP contribution in [-0.2, 0) is 16.0 Å². The third kappa shape index (κ3) is 3.27. The molecule has 0 aromatic heterocycles. The average Bonchev–Trinajstić information content (AvgIpc) is 2.98. The van der Waals surface area contributed by atoms with Gasteiger partial charge in [0.05, 0.1) is 20.3 Å². The molecule has 2 unspecified atom stereocenters. The molecule has 1 aromatic carbocycles. The topological polar surface area (TPSA) is 42.0 Å². The lowest BCUT2D eigenvalue weighted by atomic mass is 9.79. The van der Waals surface area contributed by atoms with Gasteiger partial charge >= 0.3 is 0 Å². The fourth-order valence-corrected chi connectivity index (χ4v) is 4.78. The van der Waals surface area contributed by atoms with Crippen LogP contribution in [0, 0.1) is 0 Å². The van der Waals surface area contributed by atoms with Gasteiger partial charge in [-0.05, 0) is 36.5 Å². The number of amides is 1. The molecule has 1 aliphatic carbocycles. The van der Waals surface area contributed by atoms with Crippen molar-refractivity contribution in [2.45, 2.75) is 37.6 Å². The highest BCUT2D eigenvalue weighted by molar-refractivity contribution is 5.81. The van der Waals surface area contributed by atoms with Crippen LogP contribution in [0.2, 0.25) is 0 Å². The Hall–Kier alpha value is -1.59. The van der Waals surface area contributed by atoms with Crippen LogP contribution in [0.15, 0.2) is 18.2 Å². The summed E-state index contributed by atoms with van der Waals surface area (Å²) in [5.41, 5.74) is 2.65. The number of nitrogens with zero attached hydrogens (tertiary/aromatic N) is 2. The molecule has 0 saturated carbocycles. The standard InChI is InChI=1S/C20H28N2O3/c1-24-19-5-2-4-15-16(19)6-7-18-17(15)14-20(23)22(18)9-3-8-21-10-12-25-13-11-21/h2,4-5,17-18H,3,6-14H2,1H3. The van der Waals surface area contributed by atoms with E-state index in [0.717, 1.165) is 64.4 Å². The van der Waals surface area contributed by atoms with Gasteiger partial charge in [0, 0.05) is 44.6 Å². The number of benzene rings is 1. The van der Waals surface area contributed by atoms with E-state index in [1.807, 2.05) is 6.07 Å². The lowest BCUT2D eigenvalue weighted by molar-refractivity contribution is -0.129. The number of rotatable bonds is 5. The van der Waals surface area contributed by atoms with Crippen LogP contribution in [0.3, 0.4) is 0 Å². The van der Waals surface area contributed by atoms with E-state index in [9.17, 15) is 4.79 Å². The van der Waals surface area contributed by atoms with Crippen LogP contribution < -0.4 is 4.74 Å². The van der Waals surface area contributed by atoms with Crippen molar-refractivity contribution in [1.82, 2.24) is 9.80 Å². The molecular weight excluding hydrogens is 316 g/mol. The molecule has 25 heavy (non-hydrogen) atoms. The summed E-state index contributed by atoms with van der Waals surface area (Å²) in [7, 11) is 1.74. The molecule has 0 bridgehead atoms. The molecule has 2 fully saturated rings. The van der Waals surface area contributed by atoms with E-state index in [-0.39, 0.29) is 0 Å². The SMILES string of the molecule is COc1cccc2c1CCC1C2CC(=O)N1CCCN1CCOCC1. The maximum atomic E-state index is 12.6. The first kappa shape index (κ1) is 16.9. The van der Waals surface area contributed by atoms with E-state index in [2.05, 4.69) is 21.9 Å². The largest absolute Gasteiger partial charge is 0.496 e. The second-order valence-corrected chi connectivity index (χ2v) is 7.34.